The monoisotopic (exact) mass is 396 g/mol. The van der Waals surface area contributed by atoms with Crippen LogP contribution >= 0.6 is 11.6 Å². The molecule has 0 aliphatic carbocycles. The van der Waals surface area contributed by atoms with Gasteiger partial charge in [0.2, 0.25) is 15.9 Å². The Labute approximate surface area is 158 Å². The number of pyridine rings is 1. The predicted molar refractivity (Wildman–Crippen MR) is 101 cm³/mol. The van der Waals surface area contributed by atoms with Gasteiger partial charge in [0, 0.05) is 42.3 Å². The summed E-state index contributed by atoms with van der Waals surface area (Å²) in [6.45, 7) is 0.879. The molecule has 1 aromatic heterocycles. The Morgan fingerprint density at radius 2 is 2.15 bits per heavy atom. The molecule has 1 fully saturated rings. The lowest BCUT2D eigenvalue weighted by molar-refractivity contribution is -0.122. The van der Waals surface area contributed by atoms with E-state index < -0.39 is 10.0 Å². The van der Waals surface area contributed by atoms with E-state index >= 15 is 0 Å². The number of carbonyl (C=O) groups is 1. The van der Waals surface area contributed by atoms with Crippen molar-refractivity contribution in [2.75, 3.05) is 33.7 Å². The maximum Gasteiger partial charge on any atom is 0.243 e. The predicted octanol–water partition coefficient (Wildman–Crippen LogP) is 1.33. The molecule has 0 radical (unpaired) electrons. The Morgan fingerprint density at radius 1 is 1.38 bits per heavy atom. The number of nitrogens with one attached hydrogen (secondary N) is 1. The summed E-state index contributed by atoms with van der Waals surface area (Å²) in [7, 11) is -0.101. The number of rotatable bonds is 5. The Morgan fingerprint density at radius 3 is 2.88 bits per heavy atom. The van der Waals surface area contributed by atoms with Crippen molar-refractivity contribution in [1.82, 2.24) is 19.5 Å². The van der Waals surface area contributed by atoms with Gasteiger partial charge in [0.1, 0.15) is 0 Å². The normalized spacial score (nSPS) is 18.5. The number of amides is 1. The van der Waals surface area contributed by atoms with Crippen molar-refractivity contribution in [3.63, 3.8) is 0 Å². The summed E-state index contributed by atoms with van der Waals surface area (Å²) in [4.78, 5) is 17.9. The summed E-state index contributed by atoms with van der Waals surface area (Å²) >= 11 is 6.21. The zero-order chi connectivity index (χ0) is 18.9. The minimum absolute atomic E-state index is 0.112. The quantitative estimate of drug-likeness (QED) is 0.824. The molecular weight excluding hydrogens is 376 g/mol. The molecule has 0 unspecified atom stereocenters. The van der Waals surface area contributed by atoms with E-state index in [2.05, 4.69) is 10.3 Å². The molecule has 1 aliphatic rings. The highest BCUT2D eigenvalue weighted by Crippen LogP contribution is 2.32. The van der Waals surface area contributed by atoms with E-state index in [4.69, 9.17) is 11.6 Å². The maximum absolute atomic E-state index is 13.1. The average Bonchev–Trinajstić information content (AvgIpc) is 3.03. The average molecular weight is 397 g/mol. The first-order valence-corrected chi connectivity index (χ1v) is 10.1. The van der Waals surface area contributed by atoms with Crippen LogP contribution in [0.3, 0.4) is 0 Å². The molecule has 2 heterocycles. The highest BCUT2D eigenvalue weighted by Gasteiger charge is 2.34. The van der Waals surface area contributed by atoms with Crippen molar-refractivity contribution in [2.45, 2.75) is 17.4 Å². The fraction of sp³-hybridized carbons (Fsp3) is 0.412. The van der Waals surface area contributed by atoms with E-state index in [-0.39, 0.29) is 29.9 Å². The summed E-state index contributed by atoms with van der Waals surface area (Å²) < 4.78 is 27.7. The first-order chi connectivity index (χ1) is 12.3. The smallest absolute Gasteiger partial charge is 0.243 e. The number of carbonyl (C=O) groups excluding carboxylic acids is 1. The second-order valence-corrected chi connectivity index (χ2v) is 8.94. The molecule has 7 nitrogen and oxygen atoms in total. The number of hydrogen-bond donors (Lipinski definition) is 1. The highest BCUT2D eigenvalue weighted by atomic mass is 35.5. The van der Waals surface area contributed by atoms with Crippen molar-refractivity contribution in [1.29, 1.82) is 0 Å². The Balaban J connectivity index is 1.83. The molecular formula is C17H21ClN4O3S. The number of sulfonamides is 1. The molecule has 9 heteroatoms. The summed E-state index contributed by atoms with van der Waals surface area (Å²) in [5.41, 5.74) is 0. The molecule has 0 bridgehead atoms. The van der Waals surface area contributed by atoms with Gasteiger partial charge in [0.25, 0.3) is 0 Å². The molecule has 1 N–H and O–H groups in total. The van der Waals surface area contributed by atoms with Gasteiger partial charge >= 0.3 is 0 Å². The van der Waals surface area contributed by atoms with Gasteiger partial charge in [-0.2, -0.15) is 4.31 Å². The van der Waals surface area contributed by atoms with Crippen LogP contribution in [0.25, 0.3) is 10.8 Å². The standard InChI is InChI=1S/C17H21ClN4O3S/c1-21(2)11-16(23)20-13-6-7-22(10-13)26(24,25)15-5-3-4-12-8-19-9-14(18)17(12)15/h3-5,8-9,13H,6-7,10-11H2,1-2H3,(H,20,23)/t13-/m0/s1. The third-order valence-corrected chi connectivity index (χ3v) is 6.49. The van der Waals surface area contributed by atoms with E-state index in [1.54, 1.807) is 29.3 Å². The molecule has 1 amide bonds. The number of hydrogen-bond acceptors (Lipinski definition) is 5. The van der Waals surface area contributed by atoms with Crippen LogP contribution in [0, 0.1) is 0 Å². The van der Waals surface area contributed by atoms with Gasteiger partial charge in [0.05, 0.1) is 16.5 Å². The fourth-order valence-corrected chi connectivity index (χ4v) is 5.20. The van der Waals surface area contributed by atoms with Crippen LogP contribution in [0.15, 0.2) is 35.5 Å². The molecule has 1 aromatic carbocycles. The van der Waals surface area contributed by atoms with Crippen LogP contribution in [-0.4, -0.2) is 68.3 Å². The summed E-state index contributed by atoms with van der Waals surface area (Å²) in [5.74, 6) is -0.112. The van der Waals surface area contributed by atoms with Gasteiger partial charge in [-0.25, -0.2) is 8.42 Å². The van der Waals surface area contributed by atoms with E-state index in [9.17, 15) is 13.2 Å². The number of halogens is 1. The van der Waals surface area contributed by atoms with E-state index in [1.165, 1.54) is 10.5 Å². The van der Waals surface area contributed by atoms with Crippen LogP contribution < -0.4 is 5.32 Å². The third kappa shape index (κ3) is 3.83. The minimum atomic E-state index is -3.72. The lowest BCUT2D eigenvalue weighted by Gasteiger charge is -2.19. The topological polar surface area (TPSA) is 82.6 Å². The summed E-state index contributed by atoms with van der Waals surface area (Å²) in [6.07, 6.45) is 3.62. The molecule has 2 aromatic rings. The second kappa shape index (κ2) is 7.48. The Hall–Kier alpha value is -1.74. The number of fused-ring (bicyclic) bond motifs is 1. The van der Waals surface area contributed by atoms with Gasteiger partial charge in [0.15, 0.2) is 0 Å². The van der Waals surface area contributed by atoms with Gasteiger partial charge < -0.3 is 10.2 Å². The van der Waals surface area contributed by atoms with Gasteiger partial charge in [-0.3, -0.25) is 9.78 Å². The van der Waals surface area contributed by atoms with Crippen LogP contribution in [-0.2, 0) is 14.8 Å². The fourth-order valence-electron chi connectivity index (χ4n) is 3.14. The van der Waals surface area contributed by atoms with Crippen molar-refractivity contribution in [2.24, 2.45) is 0 Å². The number of likely N-dealkylation sites (N-methyl/N-ethyl adjacent to an activating group) is 1. The molecule has 1 saturated heterocycles. The highest BCUT2D eigenvalue weighted by molar-refractivity contribution is 7.89. The van der Waals surface area contributed by atoms with Gasteiger partial charge in [-0.1, -0.05) is 23.7 Å². The number of benzene rings is 1. The Kier molecular flexibility index (Phi) is 5.47. The second-order valence-electron chi connectivity index (χ2n) is 6.63. The van der Waals surface area contributed by atoms with Gasteiger partial charge in [-0.05, 0) is 26.6 Å². The van der Waals surface area contributed by atoms with Gasteiger partial charge in [-0.15, -0.1) is 0 Å². The first kappa shape index (κ1) is 19.0. The van der Waals surface area contributed by atoms with E-state index in [1.807, 2.05) is 14.1 Å². The van der Waals surface area contributed by atoms with Crippen LogP contribution in [0.4, 0.5) is 0 Å². The molecule has 0 spiro atoms. The lowest BCUT2D eigenvalue weighted by Crippen LogP contribution is -2.42. The molecule has 1 atom stereocenters. The Bertz CT molecular complexity index is 927. The van der Waals surface area contributed by atoms with E-state index in [0.29, 0.717) is 28.8 Å². The molecule has 3 rings (SSSR count). The SMILES string of the molecule is CN(C)CC(=O)N[C@H]1CCN(S(=O)(=O)c2cccc3cncc(Cl)c23)C1. The lowest BCUT2D eigenvalue weighted by atomic mass is 10.2. The van der Waals surface area contributed by atoms with Crippen LogP contribution in [0.5, 0.6) is 0 Å². The van der Waals surface area contributed by atoms with Crippen molar-refractivity contribution >= 4 is 38.3 Å². The van der Waals surface area contributed by atoms with E-state index in [0.717, 1.165) is 0 Å². The summed E-state index contributed by atoms with van der Waals surface area (Å²) in [5, 5.41) is 4.34. The zero-order valence-corrected chi connectivity index (χ0v) is 16.2. The third-order valence-electron chi connectivity index (χ3n) is 4.29. The zero-order valence-electron chi connectivity index (χ0n) is 14.6. The maximum atomic E-state index is 13.1. The minimum Gasteiger partial charge on any atom is -0.351 e. The van der Waals surface area contributed by atoms with Crippen molar-refractivity contribution in [3.05, 3.63) is 35.6 Å². The molecule has 140 valence electrons. The van der Waals surface area contributed by atoms with Crippen molar-refractivity contribution in [3.8, 4) is 0 Å². The first-order valence-electron chi connectivity index (χ1n) is 8.25. The summed E-state index contributed by atoms with van der Waals surface area (Å²) in [6, 6.07) is 4.83. The van der Waals surface area contributed by atoms with Crippen molar-refractivity contribution < 1.29 is 13.2 Å². The number of nitrogens with zero attached hydrogens (tertiary/aromatic N) is 3. The molecule has 26 heavy (non-hydrogen) atoms. The van der Waals surface area contributed by atoms with Crippen LogP contribution in [0.2, 0.25) is 5.02 Å². The molecule has 1 aliphatic heterocycles. The van der Waals surface area contributed by atoms with Crippen LogP contribution in [0.1, 0.15) is 6.42 Å². The number of aromatic nitrogens is 1. The largest absolute Gasteiger partial charge is 0.351 e. The molecule has 0 saturated carbocycles.